The topological polar surface area (TPSA) is 21.3 Å². The largest absolute Gasteiger partial charge is 0.455 e. The average molecular weight is 829 g/mol. The number of anilines is 3. The summed E-state index contributed by atoms with van der Waals surface area (Å²) in [6, 6.07) is 87.8. The molecule has 0 radical (unpaired) electrons. The van der Waals surface area contributed by atoms with Crippen LogP contribution in [0.3, 0.4) is 0 Å². The van der Waals surface area contributed by atoms with Crippen LogP contribution in [0.5, 0.6) is 0 Å². The first-order valence-electron chi connectivity index (χ1n) is 22.2. The first kappa shape index (κ1) is 36.9. The molecule has 2 aromatic heterocycles. The molecule has 304 valence electrons. The number of rotatable bonds is 7. The first-order chi connectivity index (χ1) is 32.2. The summed E-state index contributed by atoms with van der Waals surface area (Å²) in [6.07, 6.45) is 0. The molecule has 0 aliphatic heterocycles. The lowest BCUT2D eigenvalue weighted by atomic mass is 9.96. The molecule has 0 spiro atoms. The molecule has 0 aliphatic rings. The number of para-hydroxylation sites is 5. The van der Waals surface area contributed by atoms with Crippen molar-refractivity contribution in [2.45, 2.75) is 0 Å². The Hall–Kier alpha value is -8.66. The summed E-state index contributed by atoms with van der Waals surface area (Å²) in [7, 11) is 0. The van der Waals surface area contributed by atoms with E-state index in [1.807, 2.05) is 12.1 Å². The second kappa shape index (κ2) is 15.0. The molecule has 0 aliphatic carbocycles. The second-order valence-corrected chi connectivity index (χ2v) is 16.8. The number of fused-ring (bicyclic) bond motifs is 9. The lowest BCUT2D eigenvalue weighted by Crippen LogP contribution is -2.10. The van der Waals surface area contributed by atoms with Gasteiger partial charge in [0, 0.05) is 49.4 Å². The highest BCUT2D eigenvalue weighted by Crippen LogP contribution is 2.44. The zero-order chi connectivity index (χ0) is 42.8. The number of benzene rings is 11. The van der Waals surface area contributed by atoms with Crippen LogP contribution in [0.4, 0.5) is 17.1 Å². The van der Waals surface area contributed by atoms with E-state index in [9.17, 15) is 0 Å². The van der Waals surface area contributed by atoms with E-state index in [1.54, 1.807) is 0 Å². The Labute approximate surface area is 376 Å². The summed E-state index contributed by atoms with van der Waals surface area (Å²) in [5.41, 5.74) is 15.5. The van der Waals surface area contributed by atoms with Gasteiger partial charge in [0.15, 0.2) is 0 Å². The number of hydrogen-bond donors (Lipinski definition) is 0. The van der Waals surface area contributed by atoms with Gasteiger partial charge in [-0.05, 0) is 99.1 Å². The van der Waals surface area contributed by atoms with Gasteiger partial charge in [0.05, 0.1) is 22.4 Å². The van der Waals surface area contributed by atoms with Crippen LogP contribution in [0.25, 0.3) is 104 Å². The summed E-state index contributed by atoms with van der Waals surface area (Å²) in [6.45, 7) is 0. The fraction of sp³-hybridized carbons (Fsp3) is 0. The summed E-state index contributed by atoms with van der Waals surface area (Å²) >= 11 is 0. The zero-order valence-electron chi connectivity index (χ0n) is 35.4. The molecule has 0 saturated carbocycles. The Bertz CT molecular complexity index is 3910. The quantitative estimate of drug-likeness (QED) is 0.149. The van der Waals surface area contributed by atoms with Crippen LogP contribution >= 0.6 is 0 Å². The molecular formula is C62H40N2O. The van der Waals surface area contributed by atoms with Crippen molar-refractivity contribution in [2.24, 2.45) is 0 Å². The molecule has 2 heterocycles. The third kappa shape index (κ3) is 6.05. The van der Waals surface area contributed by atoms with Gasteiger partial charge in [0.1, 0.15) is 11.2 Å². The summed E-state index contributed by atoms with van der Waals surface area (Å²) in [4.78, 5) is 2.42. The fourth-order valence-corrected chi connectivity index (χ4v) is 10.2. The predicted octanol–water partition coefficient (Wildman–Crippen LogP) is 17.5. The van der Waals surface area contributed by atoms with E-state index in [0.717, 1.165) is 72.5 Å². The van der Waals surface area contributed by atoms with Gasteiger partial charge in [0.2, 0.25) is 0 Å². The van der Waals surface area contributed by atoms with E-state index in [1.165, 1.54) is 48.9 Å². The van der Waals surface area contributed by atoms with Gasteiger partial charge in [-0.15, -0.1) is 0 Å². The molecule has 0 bridgehead atoms. The van der Waals surface area contributed by atoms with Gasteiger partial charge in [-0.25, -0.2) is 0 Å². The molecule has 0 fully saturated rings. The van der Waals surface area contributed by atoms with Crippen molar-refractivity contribution >= 4 is 82.4 Å². The van der Waals surface area contributed by atoms with Crippen molar-refractivity contribution in [3.8, 4) is 39.1 Å². The van der Waals surface area contributed by atoms with Gasteiger partial charge < -0.3 is 13.9 Å². The fourth-order valence-electron chi connectivity index (χ4n) is 10.2. The van der Waals surface area contributed by atoms with E-state index >= 15 is 0 Å². The Balaban J connectivity index is 0.953. The second-order valence-electron chi connectivity index (χ2n) is 16.8. The van der Waals surface area contributed by atoms with Crippen LogP contribution in [0, 0.1) is 0 Å². The highest BCUT2D eigenvalue weighted by molar-refractivity contribution is 6.15. The third-order valence-electron chi connectivity index (χ3n) is 13.2. The maximum atomic E-state index is 6.48. The minimum Gasteiger partial charge on any atom is -0.455 e. The third-order valence-corrected chi connectivity index (χ3v) is 13.2. The van der Waals surface area contributed by atoms with E-state index in [0.29, 0.717) is 0 Å². The summed E-state index contributed by atoms with van der Waals surface area (Å²) < 4.78 is 8.90. The normalized spacial score (nSPS) is 11.7. The highest BCUT2D eigenvalue weighted by atomic mass is 16.3. The molecule has 13 aromatic rings. The van der Waals surface area contributed by atoms with Gasteiger partial charge in [-0.2, -0.15) is 0 Å². The Morgan fingerprint density at radius 2 is 0.923 bits per heavy atom. The molecule has 3 heteroatoms. The molecule has 0 atom stereocenters. The standard InChI is InChI=1S/C62H40N2O/c1-2-22-50-41(15-1)33-34-43-16-13-31-59(61(43)50)63(47-37-35-42(36-38-47)51-26-14-27-55-54-25-6-10-32-60(54)65-62(51)55)48-20-12-18-45(40-48)44-17-11-19-46(39-44)49-21-3-7-28-56(49)64-57-29-8-4-23-52(57)53-24-5-9-30-58(53)64/h1-40H. The smallest absolute Gasteiger partial charge is 0.143 e. The van der Waals surface area contributed by atoms with Crippen molar-refractivity contribution in [3.63, 3.8) is 0 Å². The monoisotopic (exact) mass is 828 g/mol. The molecule has 13 rings (SSSR count). The van der Waals surface area contributed by atoms with Crippen molar-refractivity contribution in [1.82, 2.24) is 4.57 Å². The number of nitrogens with zero attached hydrogens (tertiary/aromatic N) is 2. The molecule has 0 unspecified atom stereocenters. The van der Waals surface area contributed by atoms with Gasteiger partial charge in [-0.1, -0.05) is 182 Å². The maximum absolute atomic E-state index is 6.48. The van der Waals surface area contributed by atoms with Crippen LogP contribution in [0.1, 0.15) is 0 Å². The lowest BCUT2D eigenvalue weighted by molar-refractivity contribution is 0.670. The number of hydrogen-bond acceptors (Lipinski definition) is 2. The Kier molecular flexibility index (Phi) is 8.53. The van der Waals surface area contributed by atoms with E-state index in [4.69, 9.17) is 4.42 Å². The molecule has 0 saturated heterocycles. The molecular weight excluding hydrogens is 789 g/mol. The number of aromatic nitrogens is 1. The number of furan rings is 1. The lowest BCUT2D eigenvalue weighted by Gasteiger charge is -2.28. The SMILES string of the molecule is c1cc(-c2cccc(N(c3ccc(-c4cccc5c4oc4ccccc45)cc3)c3cccc4ccc5ccccc5c34)c2)cc(-c2ccccc2-n2c3ccccc3c3ccccc32)c1. The van der Waals surface area contributed by atoms with E-state index in [-0.39, 0.29) is 0 Å². The van der Waals surface area contributed by atoms with Crippen molar-refractivity contribution in [1.29, 1.82) is 0 Å². The van der Waals surface area contributed by atoms with Crippen molar-refractivity contribution in [3.05, 3.63) is 243 Å². The van der Waals surface area contributed by atoms with E-state index < -0.39 is 0 Å². The minimum absolute atomic E-state index is 0.902. The highest BCUT2D eigenvalue weighted by Gasteiger charge is 2.20. The van der Waals surface area contributed by atoms with E-state index in [2.05, 4.69) is 240 Å². The summed E-state index contributed by atoms with van der Waals surface area (Å²) in [5, 5.41) is 9.63. The van der Waals surface area contributed by atoms with Crippen molar-refractivity contribution < 1.29 is 4.42 Å². The Morgan fingerprint density at radius 3 is 1.75 bits per heavy atom. The molecule has 65 heavy (non-hydrogen) atoms. The van der Waals surface area contributed by atoms with Gasteiger partial charge >= 0.3 is 0 Å². The maximum Gasteiger partial charge on any atom is 0.143 e. The van der Waals surface area contributed by atoms with Gasteiger partial charge in [0.25, 0.3) is 0 Å². The average Bonchev–Trinajstić information content (AvgIpc) is 3.93. The van der Waals surface area contributed by atoms with Crippen molar-refractivity contribution in [2.75, 3.05) is 4.90 Å². The zero-order valence-corrected chi connectivity index (χ0v) is 35.4. The Morgan fingerprint density at radius 1 is 0.338 bits per heavy atom. The summed E-state index contributed by atoms with van der Waals surface area (Å²) in [5.74, 6) is 0. The van der Waals surface area contributed by atoms with Crippen LogP contribution in [-0.2, 0) is 0 Å². The van der Waals surface area contributed by atoms with Crippen LogP contribution in [0.15, 0.2) is 247 Å². The van der Waals surface area contributed by atoms with Gasteiger partial charge in [-0.3, -0.25) is 0 Å². The van der Waals surface area contributed by atoms with Crippen LogP contribution in [-0.4, -0.2) is 4.57 Å². The van der Waals surface area contributed by atoms with Crippen LogP contribution in [0.2, 0.25) is 0 Å². The molecule has 11 aromatic carbocycles. The first-order valence-corrected chi connectivity index (χ1v) is 22.2. The van der Waals surface area contributed by atoms with Crippen LogP contribution < -0.4 is 4.90 Å². The molecule has 3 nitrogen and oxygen atoms in total. The minimum atomic E-state index is 0.902. The molecule has 0 amide bonds. The predicted molar refractivity (Wildman–Crippen MR) is 274 cm³/mol. The molecule has 0 N–H and O–H groups in total.